The summed E-state index contributed by atoms with van der Waals surface area (Å²) in [6.45, 7) is 19.8. The Morgan fingerprint density at radius 1 is 0.972 bits per heavy atom. The van der Waals surface area contributed by atoms with E-state index in [4.69, 9.17) is 4.74 Å². The number of nitrogens with zero attached hydrogens (tertiary/aromatic N) is 3. The number of piperazine rings is 1. The molecule has 2 heterocycles. The predicted octanol–water partition coefficient (Wildman–Crippen LogP) is 7.16. The van der Waals surface area contributed by atoms with Gasteiger partial charge in [0.25, 0.3) is 0 Å². The van der Waals surface area contributed by atoms with E-state index in [0.29, 0.717) is 13.1 Å². The minimum absolute atomic E-state index is 0.175. The number of fused-ring (bicyclic) bond motifs is 1. The highest BCUT2D eigenvalue weighted by atomic mass is 28.3. The van der Waals surface area contributed by atoms with Crippen LogP contribution in [0.2, 0.25) is 18.1 Å². The van der Waals surface area contributed by atoms with Crippen LogP contribution in [0.5, 0.6) is 0 Å². The van der Waals surface area contributed by atoms with Crippen molar-refractivity contribution >= 4 is 30.9 Å². The smallest absolute Gasteiger partial charge is 0.410 e. The molecule has 3 aromatic rings. The third-order valence-corrected chi connectivity index (χ3v) is 13.2. The second-order valence-corrected chi connectivity index (χ2v) is 17.8. The molecule has 1 saturated heterocycles. The first-order valence-corrected chi connectivity index (χ1v) is 16.1. The van der Waals surface area contributed by atoms with Gasteiger partial charge in [0.05, 0.1) is 6.04 Å². The molecule has 1 atom stereocenters. The molecular weight excluding hydrogens is 462 g/mol. The van der Waals surface area contributed by atoms with Crippen molar-refractivity contribution in [3.63, 3.8) is 0 Å². The highest BCUT2D eigenvalue weighted by Crippen LogP contribution is 2.39. The van der Waals surface area contributed by atoms with E-state index in [9.17, 15) is 4.79 Å². The molecule has 1 aromatic heterocycles. The maximum absolute atomic E-state index is 12.9. The summed E-state index contributed by atoms with van der Waals surface area (Å²) in [6, 6.07) is 19.9. The molecule has 0 bridgehead atoms. The SMILES string of the molecule is CC(C)(C)OC(=O)N1CCN(c2ccc3c(ccn3[Si](C)(C)C(C)(C)C)c2)C(Cc2ccccc2)C1. The van der Waals surface area contributed by atoms with Crippen molar-refractivity contribution in [1.82, 2.24) is 9.13 Å². The molecule has 1 unspecified atom stereocenters. The highest BCUT2D eigenvalue weighted by Gasteiger charge is 2.38. The van der Waals surface area contributed by atoms with Crippen LogP contribution in [0.3, 0.4) is 0 Å². The number of rotatable bonds is 4. The average molecular weight is 506 g/mol. The Morgan fingerprint density at radius 3 is 2.31 bits per heavy atom. The van der Waals surface area contributed by atoms with Gasteiger partial charge in [-0.25, -0.2) is 4.79 Å². The lowest BCUT2D eigenvalue weighted by atomic mass is 10.0. The van der Waals surface area contributed by atoms with Crippen molar-refractivity contribution < 1.29 is 9.53 Å². The van der Waals surface area contributed by atoms with Gasteiger partial charge >= 0.3 is 6.09 Å². The Kier molecular flexibility index (Phi) is 7.04. The molecule has 5 nitrogen and oxygen atoms in total. The number of anilines is 1. The lowest BCUT2D eigenvalue weighted by Gasteiger charge is -2.43. The summed E-state index contributed by atoms with van der Waals surface area (Å²) in [5, 5.41) is 1.54. The zero-order valence-corrected chi connectivity index (χ0v) is 24.3. The third kappa shape index (κ3) is 5.48. The van der Waals surface area contributed by atoms with Gasteiger partial charge < -0.3 is 18.8 Å². The summed E-state index contributed by atoms with van der Waals surface area (Å²) in [5.74, 6) is 0. The first-order chi connectivity index (χ1) is 16.8. The topological polar surface area (TPSA) is 37.7 Å². The van der Waals surface area contributed by atoms with E-state index in [2.05, 4.69) is 104 Å². The Balaban J connectivity index is 1.64. The van der Waals surface area contributed by atoms with Crippen LogP contribution in [0.15, 0.2) is 60.8 Å². The minimum Gasteiger partial charge on any atom is -0.444 e. The second kappa shape index (κ2) is 9.62. The van der Waals surface area contributed by atoms with Gasteiger partial charge in [0.1, 0.15) is 5.60 Å². The van der Waals surface area contributed by atoms with Crippen molar-refractivity contribution in [2.24, 2.45) is 0 Å². The van der Waals surface area contributed by atoms with E-state index in [-0.39, 0.29) is 17.2 Å². The van der Waals surface area contributed by atoms with Gasteiger partial charge in [-0.15, -0.1) is 0 Å². The fourth-order valence-corrected chi connectivity index (χ4v) is 6.88. The van der Waals surface area contributed by atoms with Gasteiger partial charge in [-0.2, -0.15) is 0 Å². The van der Waals surface area contributed by atoms with Gasteiger partial charge in [0.15, 0.2) is 8.24 Å². The van der Waals surface area contributed by atoms with E-state index >= 15 is 0 Å². The van der Waals surface area contributed by atoms with Crippen molar-refractivity contribution in [3.05, 3.63) is 66.4 Å². The maximum atomic E-state index is 12.9. The minimum atomic E-state index is -1.71. The molecule has 1 aliphatic heterocycles. The molecule has 0 radical (unpaired) electrons. The number of hydrogen-bond donors (Lipinski definition) is 0. The van der Waals surface area contributed by atoms with Crippen LogP contribution in [0, 0.1) is 0 Å². The number of carbonyl (C=O) groups excluding carboxylic acids is 1. The zero-order chi connectivity index (χ0) is 26.3. The molecule has 0 aliphatic carbocycles. The molecule has 6 heteroatoms. The number of hydrogen-bond acceptors (Lipinski definition) is 3. The number of ether oxygens (including phenoxy) is 1. The fourth-order valence-electron chi connectivity index (χ4n) is 4.91. The fraction of sp³-hybridized carbons (Fsp3) is 0.500. The van der Waals surface area contributed by atoms with E-state index in [1.807, 2.05) is 25.7 Å². The molecule has 4 rings (SSSR count). The van der Waals surface area contributed by atoms with E-state index in [1.54, 1.807) is 0 Å². The van der Waals surface area contributed by atoms with Gasteiger partial charge in [-0.3, -0.25) is 0 Å². The quantitative estimate of drug-likeness (QED) is 0.353. The molecule has 1 fully saturated rings. The maximum Gasteiger partial charge on any atom is 0.410 e. The average Bonchev–Trinajstić information content (AvgIpc) is 3.22. The van der Waals surface area contributed by atoms with Crippen LogP contribution in [0.25, 0.3) is 10.9 Å². The Morgan fingerprint density at radius 2 is 1.67 bits per heavy atom. The predicted molar refractivity (Wildman–Crippen MR) is 154 cm³/mol. The number of carbonyl (C=O) groups is 1. The summed E-state index contributed by atoms with van der Waals surface area (Å²) in [5.41, 5.74) is 3.33. The van der Waals surface area contributed by atoms with Crippen LogP contribution in [-0.2, 0) is 11.2 Å². The van der Waals surface area contributed by atoms with Crippen LogP contribution in [-0.4, -0.2) is 54.7 Å². The van der Waals surface area contributed by atoms with Crippen molar-refractivity contribution in [1.29, 1.82) is 0 Å². The van der Waals surface area contributed by atoms with Crippen LogP contribution in [0.1, 0.15) is 47.1 Å². The van der Waals surface area contributed by atoms with Crippen molar-refractivity contribution in [2.75, 3.05) is 24.5 Å². The molecule has 0 saturated carbocycles. The van der Waals surface area contributed by atoms with Crippen LogP contribution >= 0.6 is 0 Å². The van der Waals surface area contributed by atoms with Gasteiger partial charge in [-0.1, -0.05) is 64.2 Å². The monoisotopic (exact) mass is 505 g/mol. The molecule has 2 aromatic carbocycles. The summed E-state index contributed by atoms with van der Waals surface area (Å²) in [4.78, 5) is 17.3. The summed E-state index contributed by atoms with van der Waals surface area (Å²) in [6.07, 6.45) is 2.94. The van der Waals surface area contributed by atoms with E-state index in [0.717, 1.165) is 13.0 Å². The lowest BCUT2D eigenvalue weighted by molar-refractivity contribution is 0.0214. The molecule has 36 heavy (non-hydrogen) atoms. The van der Waals surface area contributed by atoms with Gasteiger partial charge in [0, 0.05) is 36.2 Å². The molecule has 0 N–H and O–H groups in total. The first kappa shape index (κ1) is 26.3. The van der Waals surface area contributed by atoms with Crippen molar-refractivity contribution in [3.8, 4) is 0 Å². The summed E-state index contributed by atoms with van der Waals surface area (Å²) in [7, 11) is -1.71. The zero-order valence-electron chi connectivity index (χ0n) is 23.3. The Labute approximate surface area is 218 Å². The van der Waals surface area contributed by atoms with Crippen LogP contribution in [0.4, 0.5) is 10.5 Å². The first-order valence-electron chi connectivity index (χ1n) is 13.2. The van der Waals surface area contributed by atoms with E-state index in [1.165, 1.54) is 22.2 Å². The molecular formula is C30H43N3O2Si. The highest BCUT2D eigenvalue weighted by molar-refractivity contribution is 6.79. The Hall–Kier alpha value is -2.73. The molecule has 194 valence electrons. The third-order valence-electron chi connectivity index (χ3n) is 7.89. The van der Waals surface area contributed by atoms with Gasteiger partial charge in [-0.05, 0) is 68.3 Å². The largest absolute Gasteiger partial charge is 0.444 e. The molecule has 1 amide bonds. The Bertz CT molecular complexity index is 1200. The van der Waals surface area contributed by atoms with Crippen molar-refractivity contribution in [2.45, 2.75) is 77.7 Å². The number of aromatic nitrogens is 1. The van der Waals surface area contributed by atoms with Gasteiger partial charge in [0.2, 0.25) is 0 Å². The standard InChI is InChI=1S/C30H43N3O2Si/c1-29(2,3)35-28(34)31-18-19-32(26(22-31)20-23-12-10-9-11-13-23)25-14-15-27-24(21-25)16-17-33(27)36(7,8)30(4,5)6/h9-17,21,26H,18-20,22H2,1-8H3. The number of amides is 1. The molecule has 0 spiro atoms. The molecule has 1 aliphatic rings. The normalized spacial score (nSPS) is 17.5. The van der Waals surface area contributed by atoms with Crippen LogP contribution < -0.4 is 4.90 Å². The second-order valence-electron chi connectivity index (χ2n) is 12.7. The lowest BCUT2D eigenvalue weighted by Crippen LogP contribution is -2.56. The number of benzene rings is 2. The van der Waals surface area contributed by atoms with E-state index < -0.39 is 13.8 Å². The summed E-state index contributed by atoms with van der Waals surface area (Å²) < 4.78 is 8.26. The summed E-state index contributed by atoms with van der Waals surface area (Å²) >= 11 is 0.